The number of aromatic nitrogens is 5. The fourth-order valence-electron chi connectivity index (χ4n) is 3.54. The molecule has 0 fully saturated rings. The van der Waals surface area contributed by atoms with Gasteiger partial charge in [0, 0.05) is 22.3 Å². The molecule has 1 aromatic carbocycles. The van der Waals surface area contributed by atoms with Crippen molar-refractivity contribution in [2.45, 2.75) is 26.8 Å². The monoisotopic (exact) mass is 432 g/mol. The van der Waals surface area contributed by atoms with Crippen LogP contribution in [0.4, 0.5) is 0 Å². The van der Waals surface area contributed by atoms with Crippen LogP contribution in [0.1, 0.15) is 51.7 Å². The van der Waals surface area contributed by atoms with Crippen molar-refractivity contribution in [1.29, 1.82) is 0 Å². The van der Waals surface area contributed by atoms with Gasteiger partial charge in [0.15, 0.2) is 5.82 Å². The molecule has 3 aromatic heterocycles. The third-order valence-corrected chi connectivity index (χ3v) is 6.50. The van der Waals surface area contributed by atoms with Crippen LogP contribution in [0.5, 0.6) is 0 Å². The van der Waals surface area contributed by atoms with Crippen LogP contribution < -0.4 is 0 Å². The highest BCUT2D eigenvalue weighted by molar-refractivity contribution is 7.15. The molecule has 1 aliphatic rings. The molecule has 0 unspecified atom stereocenters. The number of aryl methyl sites for hydroxylation is 1. The lowest BCUT2D eigenvalue weighted by Gasteiger charge is -2.09. The molecule has 30 heavy (non-hydrogen) atoms. The summed E-state index contributed by atoms with van der Waals surface area (Å²) >= 11 is 7.76. The van der Waals surface area contributed by atoms with Gasteiger partial charge in [-0.3, -0.25) is 14.7 Å². The average molecular weight is 433 g/mol. The van der Waals surface area contributed by atoms with Gasteiger partial charge in [0.25, 0.3) is 0 Å². The molecule has 0 aliphatic carbocycles. The molecule has 0 radical (unpaired) electrons. The lowest BCUT2D eigenvalue weighted by Crippen LogP contribution is -2.07. The average Bonchev–Trinajstić information content (AvgIpc) is 3.43. The lowest BCUT2D eigenvalue weighted by atomic mass is 9.99. The maximum Gasteiger partial charge on any atom is 0.162 e. The molecule has 4 aromatic rings. The number of aromatic amines is 1. The highest BCUT2D eigenvalue weighted by atomic mass is 35.5. The Morgan fingerprint density at radius 2 is 1.93 bits per heavy atom. The number of benzene rings is 1. The van der Waals surface area contributed by atoms with Gasteiger partial charge in [0.05, 0.1) is 22.3 Å². The van der Waals surface area contributed by atoms with E-state index in [0.29, 0.717) is 5.02 Å². The van der Waals surface area contributed by atoms with Crippen molar-refractivity contribution in [2.24, 2.45) is 4.99 Å². The lowest BCUT2D eigenvalue weighted by molar-refractivity contribution is 0.724. The second kappa shape index (κ2) is 7.24. The Balaban J connectivity index is 1.76. The maximum absolute atomic E-state index is 6.13. The molecule has 1 aliphatic heterocycles. The van der Waals surface area contributed by atoms with Crippen molar-refractivity contribution < 1.29 is 0 Å². The smallest absolute Gasteiger partial charge is 0.162 e. The third kappa shape index (κ3) is 3.05. The minimum Gasteiger partial charge on any atom is -0.284 e. The van der Waals surface area contributed by atoms with E-state index < -0.39 is 0 Å². The van der Waals surface area contributed by atoms with Crippen LogP contribution in [0.3, 0.4) is 0 Å². The molecular formula is C22H17ClN6S. The van der Waals surface area contributed by atoms with Crippen molar-refractivity contribution >= 4 is 28.6 Å². The second-order valence-electron chi connectivity index (χ2n) is 7.07. The Bertz CT molecular complexity index is 1330. The number of fused-ring (bicyclic) bond motifs is 3. The molecule has 0 bridgehead atoms. The van der Waals surface area contributed by atoms with Crippen molar-refractivity contribution in [2.75, 3.05) is 0 Å². The number of thiophene rings is 1. The van der Waals surface area contributed by atoms with Crippen LogP contribution in [-0.4, -0.2) is 30.7 Å². The van der Waals surface area contributed by atoms with E-state index in [1.807, 2.05) is 38.1 Å². The van der Waals surface area contributed by atoms with E-state index in [0.717, 1.165) is 49.5 Å². The summed E-state index contributed by atoms with van der Waals surface area (Å²) in [7, 11) is 0. The first-order valence-electron chi connectivity index (χ1n) is 9.43. The zero-order valence-electron chi connectivity index (χ0n) is 16.6. The topological polar surface area (TPSA) is 71.8 Å². The van der Waals surface area contributed by atoms with Gasteiger partial charge in [-0.05, 0) is 38.5 Å². The molecular weight excluding hydrogens is 416 g/mol. The zero-order chi connectivity index (χ0) is 20.8. The van der Waals surface area contributed by atoms with Gasteiger partial charge in [-0.1, -0.05) is 35.6 Å². The van der Waals surface area contributed by atoms with Gasteiger partial charge in [-0.2, -0.15) is 5.10 Å². The van der Waals surface area contributed by atoms with Crippen LogP contribution in [0.15, 0.2) is 41.7 Å². The van der Waals surface area contributed by atoms with E-state index in [9.17, 15) is 0 Å². The number of nitrogens with one attached hydrogen (secondary N) is 1. The van der Waals surface area contributed by atoms with Crippen LogP contribution in [0.25, 0.3) is 5.00 Å². The first-order valence-corrected chi connectivity index (χ1v) is 10.6. The van der Waals surface area contributed by atoms with Gasteiger partial charge in [0.2, 0.25) is 0 Å². The van der Waals surface area contributed by atoms with Gasteiger partial charge in [-0.15, -0.1) is 21.5 Å². The van der Waals surface area contributed by atoms with Gasteiger partial charge in [-0.25, -0.2) is 0 Å². The fraction of sp³-hybridized carbons (Fsp3) is 0.182. The number of halogens is 1. The molecule has 1 atom stereocenters. The number of H-pyrrole nitrogens is 1. The highest BCUT2D eigenvalue weighted by Gasteiger charge is 2.29. The van der Waals surface area contributed by atoms with Gasteiger partial charge < -0.3 is 0 Å². The van der Waals surface area contributed by atoms with Gasteiger partial charge >= 0.3 is 0 Å². The molecule has 148 valence electrons. The van der Waals surface area contributed by atoms with E-state index >= 15 is 0 Å². The van der Waals surface area contributed by atoms with Crippen LogP contribution in [0, 0.1) is 25.7 Å². The minimum atomic E-state index is -0.128. The summed E-state index contributed by atoms with van der Waals surface area (Å²) in [6, 6.07) is 7.66. The Morgan fingerprint density at radius 3 is 2.67 bits per heavy atom. The molecule has 0 saturated carbocycles. The van der Waals surface area contributed by atoms with E-state index in [4.69, 9.17) is 16.6 Å². The van der Waals surface area contributed by atoms with Crippen molar-refractivity contribution in [3.8, 4) is 16.8 Å². The van der Waals surface area contributed by atoms with E-state index in [2.05, 4.69) is 43.7 Å². The number of nitrogens with zero attached hydrogens (tertiary/aromatic N) is 5. The molecule has 4 heterocycles. The fourth-order valence-corrected chi connectivity index (χ4v) is 4.89. The summed E-state index contributed by atoms with van der Waals surface area (Å²) < 4.78 is 2.10. The molecule has 5 rings (SSSR count). The largest absolute Gasteiger partial charge is 0.284 e. The maximum atomic E-state index is 6.13. The first kappa shape index (κ1) is 18.8. The summed E-state index contributed by atoms with van der Waals surface area (Å²) in [5.41, 5.74) is 4.93. The number of rotatable bonds is 1. The molecule has 6 nitrogen and oxygen atoms in total. The van der Waals surface area contributed by atoms with Crippen LogP contribution >= 0.6 is 22.9 Å². The normalized spacial score (nSPS) is 14.9. The Labute approximate surface area is 182 Å². The van der Waals surface area contributed by atoms with Crippen molar-refractivity contribution in [3.63, 3.8) is 0 Å². The molecule has 0 saturated heterocycles. The highest BCUT2D eigenvalue weighted by Crippen LogP contribution is 2.38. The molecule has 1 N–H and O–H groups in total. The number of hydrogen-bond acceptors (Lipinski definition) is 5. The predicted octanol–water partition coefficient (Wildman–Crippen LogP) is 4.63. The Morgan fingerprint density at radius 1 is 1.13 bits per heavy atom. The van der Waals surface area contributed by atoms with Crippen molar-refractivity contribution in [3.05, 3.63) is 80.5 Å². The van der Waals surface area contributed by atoms with E-state index in [-0.39, 0.29) is 6.04 Å². The number of hydrogen-bond donors (Lipinski definition) is 1. The summed E-state index contributed by atoms with van der Waals surface area (Å²) in [6.45, 7) is 6.10. The summed E-state index contributed by atoms with van der Waals surface area (Å²) in [4.78, 5) is 6.03. The quantitative estimate of drug-likeness (QED) is 0.445. The number of aliphatic imine (C=N–C) groups is 1. The van der Waals surface area contributed by atoms with Crippen LogP contribution in [0.2, 0.25) is 5.02 Å². The Hall–Kier alpha value is -3.21. The minimum absolute atomic E-state index is 0.128. The van der Waals surface area contributed by atoms with E-state index in [1.54, 1.807) is 23.7 Å². The predicted molar refractivity (Wildman–Crippen MR) is 119 cm³/mol. The molecule has 8 heteroatoms. The standard InChI is InChI=1S/C22H17ClN6S/c1-12-18(9-4-15-10-24-25-11-15)30-22-19(12)20(16-5-7-17(23)8-6-16)26-13(2)21-28-27-14(3)29(21)22/h5-8,10-11,13H,1-3H3,(H,24,25)/t13-/m0/s1. The SMILES string of the molecule is Cc1c(C#Cc2cn[nH]c2)sc2c1C(c1ccc(Cl)cc1)=N[C@@H](C)c1nnc(C)n1-2. The van der Waals surface area contributed by atoms with E-state index in [1.165, 1.54) is 0 Å². The van der Waals surface area contributed by atoms with Crippen molar-refractivity contribution in [1.82, 2.24) is 25.0 Å². The Kier molecular flexibility index (Phi) is 4.54. The summed E-state index contributed by atoms with van der Waals surface area (Å²) in [6.07, 6.45) is 3.50. The second-order valence-corrected chi connectivity index (χ2v) is 8.51. The third-order valence-electron chi connectivity index (χ3n) is 5.05. The molecule has 0 amide bonds. The summed E-state index contributed by atoms with van der Waals surface area (Å²) in [5.74, 6) is 8.15. The summed E-state index contributed by atoms with van der Waals surface area (Å²) in [5, 5.41) is 17.2. The van der Waals surface area contributed by atoms with Gasteiger partial charge in [0.1, 0.15) is 16.9 Å². The van der Waals surface area contributed by atoms with Crippen LogP contribution in [-0.2, 0) is 0 Å². The first-order chi connectivity index (χ1) is 14.5. The molecule has 0 spiro atoms. The zero-order valence-corrected chi connectivity index (χ0v) is 18.1.